The van der Waals surface area contributed by atoms with E-state index < -0.39 is 15.9 Å². The van der Waals surface area contributed by atoms with E-state index in [0.717, 1.165) is 20.8 Å². The van der Waals surface area contributed by atoms with Crippen LogP contribution in [0.1, 0.15) is 6.42 Å². The number of anilines is 2. The second-order valence-corrected chi connectivity index (χ2v) is 9.86. The van der Waals surface area contributed by atoms with Gasteiger partial charge in [0, 0.05) is 38.1 Å². The summed E-state index contributed by atoms with van der Waals surface area (Å²) in [6.07, 6.45) is 0.127. The van der Waals surface area contributed by atoms with E-state index >= 15 is 0 Å². The Balaban J connectivity index is 1.49. The van der Waals surface area contributed by atoms with Crippen LogP contribution in [0.3, 0.4) is 0 Å². The molecule has 1 saturated heterocycles. The first-order valence-electron chi connectivity index (χ1n) is 9.89. The van der Waals surface area contributed by atoms with Crippen LogP contribution in [0, 0.1) is 5.92 Å². The lowest BCUT2D eigenvalue weighted by atomic mass is 10.1. The van der Waals surface area contributed by atoms with Gasteiger partial charge in [0.25, 0.3) is 0 Å². The van der Waals surface area contributed by atoms with Gasteiger partial charge in [-0.1, -0.05) is 36.4 Å². The number of hydrogen-bond acceptors (Lipinski definition) is 4. The molecule has 160 valence electrons. The summed E-state index contributed by atoms with van der Waals surface area (Å²) in [5.74, 6) is -0.847. The molecule has 1 atom stereocenters. The lowest BCUT2D eigenvalue weighted by Crippen LogP contribution is -2.28. The monoisotopic (exact) mass is 437 g/mol. The number of sulfonamides is 1. The summed E-state index contributed by atoms with van der Waals surface area (Å²) in [5.41, 5.74) is 1.29. The summed E-state index contributed by atoms with van der Waals surface area (Å²) in [6, 6.07) is 19.6. The second-order valence-electron chi connectivity index (χ2n) is 7.70. The van der Waals surface area contributed by atoms with Gasteiger partial charge in [0.1, 0.15) is 0 Å². The van der Waals surface area contributed by atoms with Crippen LogP contribution in [-0.4, -0.2) is 45.2 Å². The second kappa shape index (κ2) is 8.13. The fourth-order valence-electron chi connectivity index (χ4n) is 3.73. The number of nitrogens with one attached hydrogen (secondary N) is 1. The van der Waals surface area contributed by atoms with Gasteiger partial charge in [0.2, 0.25) is 21.8 Å². The standard InChI is InChI=1S/C23H23N3O4S/c1-25(2)31(29,30)19-12-10-18(11-13-19)24-23(28)17-14-22(27)26(15-17)21-9-5-7-16-6-3-4-8-20(16)21/h3-13,17H,14-15H2,1-2H3,(H,24,28)/t17-/m0/s1. The van der Waals surface area contributed by atoms with E-state index in [-0.39, 0.29) is 23.1 Å². The van der Waals surface area contributed by atoms with Gasteiger partial charge >= 0.3 is 0 Å². The zero-order valence-electron chi connectivity index (χ0n) is 17.3. The van der Waals surface area contributed by atoms with Gasteiger partial charge in [-0.15, -0.1) is 0 Å². The van der Waals surface area contributed by atoms with Crippen molar-refractivity contribution in [2.24, 2.45) is 5.92 Å². The zero-order chi connectivity index (χ0) is 22.2. The number of carbonyl (C=O) groups excluding carboxylic acids is 2. The Morgan fingerprint density at radius 2 is 1.68 bits per heavy atom. The van der Waals surface area contributed by atoms with Crippen molar-refractivity contribution >= 4 is 44.0 Å². The predicted molar refractivity (Wildman–Crippen MR) is 120 cm³/mol. The SMILES string of the molecule is CN(C)S(=O)(=O)c1ccc(NC(=O)[C@H]2CC(=O)N(c3cccc4ccccc34)C2)cc1. The van der Waals surface area contributed by atoms with Crippen LogP contribution in [0.5, 0.6) is 0 Å². The molecule has 1 heterocycles. The Morgan fingerprint density at radius 1 is 1.00 bits per heavy atom. The Labute approximate surface area is 181 Å². The van der Waals surface area contributed by atoms with E-state index in [0.29, 0.717) is 12.2 Å². The van der Waals surface area contributed by atoms with E-state index in [9.17, 15) is 18.0 Å². The summed E-state index contributed by atoms with van der Waals surface area (Å²) < 4.78 is 25.5. The molecule has 2 amide bonds. The quantitative estimate of drug-likeness (QED) is 0.665. The van der Waals surface area contributed by atoms with Crippen molar-refractivity contribution in [3.05, 3.63) is 66.7 Å². The molecule has 1 aliphatic rings. The fraction of sp³-hybridized carbons (Fsp3) is 0.217. The minimum Gasteiger partial charge on any atom is -0.326 e. The minimum absolute atomic E-state index is 0.0936. The molecule has 4 rings (SSSR count). The molecule has 1 N–H and O–H groups in total. The highest BCUT2D eigenvalue weighted by Crippen LogP contribution is 2.32. The van der Waals surface area contributed by atoms with E-state index in [2.05, 4.69) is 5.32 Å². The Morgan fingerprint density at radius 3 is 2.39 bits per heavy atom. The van der Waals surface area contributed by atoms with Crippen molar-refractivity contribution in [1.29, 1.82) is 0 Å². The number of benzene rings is 3. The smallest absolute Gasteiger partial charge is 0.242 e. The minimum atomic E-state index is -3.53. The molecule has 0 saturated carbocycles. The first-order valence-corrected chi connectivity index (χ1v) is 11.3. The topological polar surface area (TPSA) is 86.8 Å². The molecule has 0 bridgehead atoms. The number of amides is 2. The predicted octanol–water partition coefficient (Wildman–Crippen LogP) is 3.08. The van der Waals surface area contributed by atoms with Gasteiger partial charge in [-0.3, -0.25) is 9.59 Å². The lowest BCUT2D eigenvalue weighted by Gasteiger charge is -2.19. The summed E-state index contributed by atoms with van der Waals surface area (Å²) in [7, 11) is -0.607. The van der Waals surface area contributed by atoms with E-state index in [1.54, 1.807) is 17.0 Å². The highest BCUT2D eigenvalue weighted by atomic mass is 32.2. The van der Waals surface area contributed by atoms with E-state index in [1.165, 1.54) is 26.2 Å². The summed E-state index contributed by atoms with van der Waals surface area (Å²) in [4.78, 5) is 27.3. The molecule has 3 aromatic rings. The maximum absolute atomic E-state index is 12.8. The third-order valence-corrected chi connectivity index (χ3v) is 7.28. The van der Waals surface area contributed by atoms with Gasteiger partial charge in [0.05, 0.1) is 16.5 Å². The third kappa shape index (κ3) is 4.04. The van der Waals surface area contributed by atoms with Gasteiger partial charge in [-0.05, 0) is 35.7 Å². The van der Waals surface area contributed by atoms with Crippen LogP contribution in [0.4, 0.5) is 11.4 Å². The van der Waals surface area contributed by atoms with Gasteiger partial charge in [-0.25, -0.2) is 12.7 Å². The maximum atomic E-state index is 12.8. The summed E-state index contributed by atoms with van der Waals surface area (Å²) >= 11 is 0. The van der Waals surface area contributed by atoms with Crippen LogP contribution in [0.15, 0.2) is 71.6 Å². The normalized spacial score (nSPS) is 16.8. The molecule has 31 heavy (non-hydrogen) atoms. The Kier molecular flexibility index (Phi) is 5.51. The molecule has 0 radical (unpaired) electrons. The maximum Gasteiger partial charge on any atom is 0.242 e. The molecular formula is C23H23N3O4S. The largest absolute Gasteiger partial charge is 0.326 e. The van der Waals surface area contributed by atoms with Gasteiger partial charge < -0.3 is 10.2 Å². The number of nitrogens with zero attached hydrogens (tertiary/aromatic N) is 2. The van der Waals surface area contributed by atoms with Crippen molar-refractivity contribution in [1.82, 2.24) is 4.31 Å². The first kappa shape index (κ1) is 21.0. The van der Waals surface area contributed by atoms with Crippen LogP contribution >= 0.6 is 0 Å². The zero-order valence-corrected chi connectivity index (χ0v) is 18.1. The molecule has 1 aliphatic heterocycles. The van der Waals surface area contributed by atoms with Crippen LogP contribution in [0.25, 0.3) is 10.8 Å². The highest BCUT2D eigenvalue weighted by molar-refractivity contribution is 7.89. The number of hydrogen-bond donors (Lipinski definition) is 1. The van der Waals surface area contributed by atoms with Crippen LogP contribution in [0.2, 0.25) is 0 Å². The average Bonchev–Trinajstić information content (AvgIpc) is 3.15. The molecule has 0 unspecified atom stereocenters. The first-order chi connectivity index (χ1) is 14.8. The number of rotatable bonds is 5. The molecule has 0 aromatic heterocycles. The highest BCUT2D eigenvalue weighted by Gasteiger charge is 2.35. The number of fused-ring (bicyclic) bond motifs is 1. The fourth-order valence-corrected chi connectivity index (χ4v) is 4.63. The third-order valence-electron chi connectivity index (χ3n) is 5.45. The molecule has 1 fully saturated rings. The molecule has 0 spiro atoms. The van der Waals surface area contributed by atoms with Gasteiger partial charge in [-0.2, -0.15) is 0 Å². The average molecular weight is 438 g/mol. The molecule has 3 aromatic carbocycles. The van der Waals surface area contributed by atoms with Crippen molar-refractivity contribution < 1.29 is 18.0 Å². The number of carbonyl (C=O) groups is 2. The van der Waals surface area contributed by atoms with E-state index in [4.69, 9.17) is 0 Å². The molecule has 0 aliphatic carbocycles. The van der Waals surface area contributed by atoms with Crippen molar-refractivity contribution in [2.45, 2.75) is 11.3 Å². The molecule has 8 heteroatoms. The molecule has 7 nitrogen and oxygen atoms in total. The van der Waals surface area contributed by atoms with Gasteiger partial charge in [0.15, 0.2) is 0 Å². The Bertz CT molecular complexity index is 1250. The van der Waals surface area contributed by atoms with Crippen molar-refractivity contribution in [2.75, 3.05) is 30.9 Å². The summed E-state index contributed by atoms with van der Waals surface area (Å²) in [5, 5.41) is 4.80. The van der Waals surface area contributed by atoms with Crippen molar-refractivity contribution in [3.8, 4) is 0 Å². The van der Waals surface area contributed by atoms with Crippen molar-refractivity contribution in [3.63, 3.8) is 0 Å². The lowest BCUT2D eigenvalue weighted by molar-refractivity contribution is -0.122. The Hall–Kier alpha value is -3.23. The van der Waals surface area contributed by atoms with Crippen LogP contribution in [-0.2, 0) is 19.6 Å². The summed E-state index contributed by atoms with van der Waals surface area (Å²) in [6.45, 7) is 0.297. The van der Waals surface area contributed by atoms with Crippen LogP contribution < -0.4 is 10.2 Å². The van der Waals surface area contributed by atoms with E-state index in [1.807, 2.05) is 42.5 Å². The molecular weight excluding hydrogens is 414 g/mol.